The summed E-state index contributed by atoms with van der Waals surface area (Å²) in [4.78, 5) is 65.6. The molecule has 15 heteroatoms. The number of phenolic OH excluding ortho intramolecular Hbond substituents is 1. The van der Waals surface area contributed by atoms with Crippen LogP contribution in [-0.4, -0.2) is 81.7 Å². The van der Waals surface area contributed by atoms with E-state index in [1.165, 1.54) is 12.1 Å². The van der Waals surface area contributed by atoms with Crippen molar-refractivity contribution in [3.05, 3.63) is 29.8 Å². The lowest BCUT2D eigenvalue weighted by Gasteiger charge is -2.26. The first kappa shape index (κ1) is 34.6. The molecule has 1 rings (SSSR count). The number of rotatable bonds is 18. The van der Waals surface area contributed by atoms with Crippen LogP contribution in [0.25, 0.3) is 0 Å². The van der Waals surface area contributed by atoms with E-state index in [9.17, 15) is 34.2 Å². The number of nitrogens with two attached hydrogens (primary N) is 3. The summed E-state index contributed by atoms with van der Waals surface area (Å²) in [5.41, 5.74) is 17.2. The molecule has 15 nitrogen and oxygen atoms in total. The average Bonchev–Trinajstić information content (AvgIpc) is 2.88. The molecular formula is C26H41N7O8. The van der Waals surface area contributed by atoms with Crippen LogP contribution in [0, 0.1) is 5.92 Å². The molecule has 3 amide bonds. The van der Waals surface area contributed by atoms with E-state index >= 15 is 0 Å². The van der Waals surface area contributed by atoms with Crippen molar-refractivity contribution in [2.45, 2.75) is 76.5 Å². The molecule has 0 aliphatic heterocycles. The van der Waals surface area contributed by atoms with Gasteiger partial charge in [-0.25, -0.2) is 4.79 Å². The molecule has 12 N–H and O–H groups in total. The second kappa shape index (κ2) is 17.3. The third-order valence-electron chi connectivity index (χ3n) is 5.91. The fourth-order valence-electron chi connectivity index (χ4n) is 3.80. The van der Waals surface area contributed by atoms with E-state index in [-0.39, 0.29) is 56.3 Å². The molecule has 0 saturated carbocycles. The summed E-state index contributed by atoms with van der Waals surface area (Å²) < 4.78 is 0. The standard InChI is InChI=1S/C26H41N7O8/c1-14(2)12-20(33-22(37)17(27)13-15-5-7-16(34)8-6-15)24(39)31-18(9-10-21(35)36)23(38)32-19(25(40)41)4-3-11-30-26(28)29/h5-8,14,17-20,34H,3-4,9-13,27H2,1-2H3,(H,31,39)(H,32,38)(H,33,37)(H,35,36)(H,40,41)(H4,28,29,30). The van der Waals surface area contributed by atoms with Crippen molar-refractivity contribution in [1.29, 1.82) is 0 Å². The Morgan fingerprint density at radius 3 is 1.95 bits per heavy atom. The molecule has 0 aliphatic carbocycles. The molecule has 1 aromatic rings. The highest BCUT2D eigenvalue weighted by molar-refractivity contribution is 5.94. The molecule has 0 heterocycles. The molecule has 0 saturated heterocycles. The van der Waals surface area contributed by atoms with Crippen molar-refractivity contribution in [3.8, 4) is 5.75 Å². The van der Waals surface area contributed by atoms with Gasteiger partial charge in [0.1, 0.15) is 23.9 Å². The average molecular weight is 580 g/mol. The van der Waals surface area contributed by atoms with Crippen LogP contribution in [0.5, 0.6) is 5.75 Å². The number of aliphatic carboxylic acids is 2. The van der Waals surface area contributed by atoms with Gasteiger partial charge in [-0.05, 0) is 55.7 Å². The molecule has 0 aromatic heterocycles. The first-order valence-electron chi connectivity index (χ1n) is 13.1. The Bertz CT molecular complexity index is 1070. The molecule has 0 bridgehead atoms. The highest BCUT2D eigenvalue weighted by Crippen LogP contribution is 2.12. The quantitative estimate of drug-likeness (QED) is 0.0564. The fourth-order valence-corrected chi connectivity index (χ4v) is 3.80. The monoisotopic (exact) mass is 579 g/mol. The number of aliphatic imine (C=N–C) groups is 1. The summed E-state index contributed by atoms with van der Waals surface area (Å²) in [7, 11) is 0. The summed E-state index contributed by atoms with van der Waals surface area (Å²) >= 11 is 0. The number of nitrogens with zero attached hydrogens (tertiary/aromatic N) is 1. The number of carboxylic acid groups (broad SMARTS) is 2. The number of carbonyl (C=O) groups is 5. The molecule has 41 heavy (non-hydrogen) atoms. The number of aromatic hydroxyl groups is 1. The summed E-state index contributed by atoms with van der Waals surface area (Å²) in [6.45, 7) is 3.76. The lowest BCUT2D eigenvalue weighted by atomic mass is 10.0. The van der Waals surface area contributed by atoms with Gasteiger partial charge in [0.25, 0.3) is 0 Å². The summed E-state index contributed by atoms with van der Waals surface area (Å²) in [6, 6.07) is 1.26. The highest BCUT2D eigenvalue weighted by atomic mass is 16.4. The summed E-state index contributed by atoms with van der Waals surface area (Å²) in [5, 5.41) is 35.4. The Labute approximate surface area is 237 Å². The van der Waals surface area contributed by atoms with Crippen LogP contribution in [-0.2, 0) is 30.4 Å². The number of hydrogen-bond donors (Lipinski definition) is 9. The SMILES string of the molecule is CC(C)CC(NC(=O)C(N)Cc1ccc(O)cc1)C(=O)NC(CCC(=O)O)C(=O)NC(CCCN=C(N)N)C(=O)O. The first-order valence-corrected chi connectivity index (χ1v) is 13.1. The minimum absolute atomic E-state index is 0.0254. The molecular weight excluding hydrogens is 538 g/mol. The van der Waals surface area contributed by atoms with Gasteiger partial charge in [0.05, 0.1) is 6.04 Å². The van der Waals surface area contributed by atoms with Crippen LogP contribution in [0.3, 0.4) is 0 Å². The maximum Gasteiger partial charge on any atom is 0.326 e. The second-order valence-corrected chi connectivity index (χ2v) is 10.0. The van der Waals surface area contributed by atoms with Gasteiger partial charge in [-0.1, -0.05) is 26.0 Å². The van der Waals surface area contributed by atoms with Gasteiger partial charge in [-0.3, -0.25) is 24.2 Å². The zero-order valence-electron chi connectivity index (χ0n) is 23.2. The third-order valence-corrected chi connectivity index (χ3v) is 5.91. The zero-order chi connectivity index (χ0) is 31.1. The number of carbonyl (C=O) groups excluding carboxylic acids is 3. The molecule has 1 aromatic carbocycles. The number of guanidine groups is 1. The van der Waals surface area contributed by atoms with E-state index in [1.807, 2.05) is 13.8 Å². The predicted octanol–water partition coefficient (Wildman–Crippen LogP) is -1.23. The van der Waals surface area contributed by atoms with Gasteiger partial charge in [-0.2, -0.15) is 0 Å². The predicted molar refractivity (Wildman–Crippen MR) is 149 cm³/mol. The van der Waals surface area contributed by atoms with Crippen LogP contribution in [0.1, 0.15) is 51.5 Å². The lowest BCUT2D eigenvalue weighted by molar-refractivity contribution is -0.143. The Hall–Kier alpha value is -4.40. The van der Waals surface area contributed by atoms with Gasteiger partial charge in [-0.15, -0.1) is 0 Å². The van der Waals surface area contributed by atoms with Gasteiger partial charge in [0, 0.05) is 13.0 Å². The lowest BCUT2D eigenvalue weighted by Crippen LogP contribution is -2.57. The van der Waals surface area contributed by atoms with Gasteiger partial charge < -0.3 is 48.5 Å². The van der Waals surface area contributed by atoms with E-state index in [1.54, 1.807) is 12.1 Å². The number of carboxylic acids is 2. The molecule has 4 unspecified atom stereocenters. The van der Waals surface area contributed by atoms with Crippen LogP contribution in [0.4, 0.5) is 0 Å². The van der Waals surface area contributed by atoms with Gasteiger partial charge in [0.15, 0.2) is 5.96 Å². The zero-order valence-corrected chi connectivity index (χ0v) is 23.2. The Kier molecular flexibility index (Phi) is 14.6. The maximum atomic E-state index is 13.2. The molecule has 228 valence electrons. The molecule has 0 fully saturated rings. The number of phenols is 1. The van der Waals surface area contributed by atoms with E-state index in [2.05, 4.69) is 20.9 Å². The molecule has 0 aliphatic rings. The summed E-state index contributed by atoms with van der Waals surface area (Å²) in [6.07, 6.45) is -0.295. The van der Waals surface area contributed by atoms with Crippen molar-refractivity contribution < 1.29 is 39.3 Å². The highest BCUT2D eigenvalue weighted by Gasteiger charge is 2.31. The fraction of sp³-hybridized carbons (Fsp3) is 0.538. The topological polar surface area (TPSA) is 273 Å². The van der Waals surface area contributed by atoms with Crippen LogP contribution in [0.15, 0.2) is 29.3 Å². The van der Waals surface area contributed by atoms with Crippen LogP contribution < -0.4 is 33.2 Å². The van der Waals surface area contributed by atoms with E-state index in [4.69, 9.17) is 22.3 Å². The first-order chi connectivity index (χ1) is 19.2. The largest absolute Gasteiger partial charge is 0.508 e. The molecule has 0 spiro atoms. The van der Waals surface area contributed by atoms with Crippen molar-refractivity contribution in [2.24, 2.45) is 28.1 Å². The van der Waals surface area contributed by atoms with Crippen LogP contribution in [0.2, 0.25) is 0 Å². The van der Waals surface area contributed by atoms with Crippen molar-refractivity contribution in [2.75, 3.05) is 6.54 Å². The van der Waals surface area contributed by atoms with Crippen molar-refractivity contribution in [3.63, 3.8) is 0 Å². The Morgan fingerprint density at radius 1 is 0.854 bits per heavy atom. The maximum absolute atomic E-state index is 13.2. The van der Waals surface area contributed by atoms with Crippen molar-refractivity contribution in [1.82, 2.24) is 16.0 Å². The van der Waals surface area contributed by atoms with Gasteiger partial charge in [0.2, 0.25) is 17.7 Å². The normalized spacial score (nSPS) is 13.8. The Morgan fingerprint density at radius 2 is 1.41 bits per heavy atom. The number of nitrogens with one attached hydrogen (secondary N) is 3. The van der Waals surface area contributed by atoms with Gasteiger partial charge >= 0.3 is 11.9 Å². The van der Waals surface area contributed by atoms with Crippen molar-refractivity contribution >= 4 is 35.6 Å². The number of amides is 3. The minimum Gasteiger partial charge on any atom is -0.508 e. The van der Waals surface area contributed by atoms with E-state index < -0.39 is 60.2 Å². The molecule has 4 atom stereocenters. The van der Waals surface area contributed by atoms with Crippen LogP contribution >= 0.6 is 0 Å². The minimum atomic E-state index is -1.39. The van der Waals surface area contributed by atoms with E-state index in [0.717, 1.165) is 0 Å². The third kappa shape index (κ3) is 14.0. The van der Waals surface area contributed by atoms with E-state index in [0.29, 0.717) is 5.56 Å². The molecule has 0 radical (unpaired) electrons. The second-order valence-electron chi connectivity index (χ2n) is 10.0. The smallest absolute Gasteiger partial charge is 0.326 e. The number of benzene rings is 1. The Balaban J connectivity index is 2.98. The number of hydrogen-bond acceptors (Lipinski definition) is 8. The summed E-state index contributed by atoms with van der Waals surface area (Å²) in [5.74, 6) is -5.01.